The third-order valence-electron chi connectivity index (χ3n) is 4.23. The molecule has 0 bridgehead atoms. The first-order valence-corrected chi connectivity index (χ1v) is 7.84. The quantitative estimate of drug-likeness (QED) is 0.840. The molecule has 1 atom stereocenters. The smallest absolute Gasteiger partial charge is 0.237 e. The Morgan fingerprint density at radius 2 is 1.91 bits per heavy atom. The number of allylic oxidation sites excluding steroid dienone is 2. The summed E-state index contributed by atoms with van der Waals surface area (Å²) in [5, 5.41) is 3.40. The van der Waals surface area contributed by atoms with E-state index >= 15 is 0 Å². The van der Waals surface area contributed by atoms with Gasteiger partial charge in [0.05, 0.1) is 5.69 Å². The molecule has 1 spiro atoms. The van der Waals surface area contributed by atoms with E-state index in [0.717, 1.165) is 11.4 Å². The van der Waals surface area contributed by atoms with Crippen LogP contribution in [0.25, 0.3) is 0 Å². The molecule has 2 aliphatic heterocycles. The molecule has 0 saturated heterocycles. The lowest BCUT2D eigenvalue weighted by molar-refractivity contribution is -0.115. The fourth-order valence-electron chi connectivity index (χ4n) is 3.21. The second kappa shape index (κ2) is 4.88. The Bertz CT molecular complexity index is 752. The first-order valence-electron chi connectivity index (χ1n) is 7.84. The Morgan fingerprint density at radius 3 is 2.52 bits per heavy atom. The Morgan fingerprint density at radius 1 is 1.22 bits per heavy atom. The van der Waals surface area contributed by atoms with Gasteiger partial charge in [-0.05, 0) is 43.9 Å². The fraction of sp³-hybridized carbons (Fsp3) is 0.421. The summed E-state index contributed by atoms with van der Waals surface area (Å²) in [5.74, 6) is 1.97. The molecule has 2 aliphatic rings. The van der Waals surface area contributed by atoms with Gasteiger partial charge in [-0.25, -0.2) is 0 Å². The number of benzene rings is 1. The highest BCUT2D eigenvalue weighted by atomic mass is 16.5. The van der Waals surface area contributed by atoms with Gasteiger partial charge in [-0.2, -0.15) is 0 Å². The zero-order valence-corrected chi connectivity index (χ0v) is 14.5. The molecule has 4 heteroatoms. The number of anilines is 1. The maximum absolute atomic E-state index is 12.2. The number of carbonyl (C=O) groups is 1. The molecular formula is C19H23NO3. The van der Waals surface area contributed by atoms with E-state index in [9.17, 15) is 4.79 Å². The van der Waals surface area contributed by atoms with E-state index in [4.69, 9.17) is 9.47 Å². The first-order chi connectivity index (χ1) is 10.6. The van der Waals surface area contributed by atoms with E-state index in [1.165, 1.54) is 12.5 Å². The Balaban J connectivity index is 2.08. The number of rotatable bonds is 1. The summed E-state index contributed by atoms with van der Waals surface area (Å²) in [7, 11) is 0. The average Bonchev–Trinajstić information content (AvgIpc) is 2.72. The van der Waals surface area contributed by atoms with Gasteiger partial charge in [0.1, 0.15) is 22.8 Å². The molecule has 0 aliphatic carbocycles. The lowest BCUT2D eigenvalue weighted by Gasteiger charge is -2.32. The van der Waals surface area contributed by atoms with Crippen molar-refractivity contribution in [2.75, 3.05) is 5.32 Å². The Kier molecular flexibility index (Phi) is 3.32. The fourth-order valence-corrected chi connectivity index (χ4v) is 3.21. The first kappa shape index (κ1) is 15.7. The highest BCUT2D eigenvalue weighted by Gasteiger charge is 2.47. The molecule has 0 amide bonds. The van der Waals surface area contributed by atoms with Gasteiger partial charge in [-0.1, -0.05) is 26.8 Å². The van der Waals surface area contributed by atoms with Crippen LogP contribution >= 0.6 is 0 Å². The number of hydrogen-bond acceptors (Lipinski definition) is 4. The number of carbonyl (C=O) groups excluding carboxylic acids is 1. The molecule has 3 rings (SSSR count). The van der Waals surface area contributed by atoms with E-state index in [2.05, 4.69) is 38.2 Å². The topological polar surface area (TPSA) is 47.6 Å². The van der Waals surface area contributed by atoms with Crippen LogP contribution in [0.5, 0.6) is 5.75 Å². The van der Waals surface area contributed by atoms with Crippen LogP contribution in [0.15, 0.2) is 41.4 Å². The van der Waals surface area contributed by atoms with Gasteiger partial charge in [0, 0.05) is 6.08 Å². The van der Waals surface area contributed by atoms with Crippen LogP contribution in [-0.4, -0.2) is 11.5 Å². The van der Waals surface area contributed by atoms with Crippen LogP contribution in [0.4, 0.5) is 5.69 Å². The zero-order valence-electron chi connectivity index (χ0n) is 14.5. The molecule has 0 aromatic heterocycles. The van der Waals surface area contributed by atoms with Crippen LogP contribution in [0.3, 0.4) is 0 Å². The third kappa shape index (κ3) is 2.52. The van der Waals surface area contributed by atoms with Gasteiger partial charge >= 0.3 is 0 Å². The van der Waals surface area contributed by atoms with Gasteiger partial charge in [0.25, 0.3) is 0 Å². The highest BCUT2D eigenvalue weighted by Crippen LogP contribution is 2.45. The minimum absolute atomic E-state index is 0.0447. The van der Waals surface area contributed by atoms with Crippen molar-refractivity contribution < 1.29 is 14.3 Å². The van der Waals surface area contributed by atoms with E-state index in [1.807, 2.05) is 19.1 Å². The predicted octanol–water partition coefficient (Wildman–Crippen LogP) is 4.28. The van der Waals surface area contributed by atoms with E-state index in [1.54, 1.807) is 6.92 Å². The zero-order chi connectivity index (χ0) is 17.0. The molecular weight excluding hydrogens is 290 g/mol. The number of Topliss-reactive ketones (excluding diaryl/α,β-unsaturated/α-hetero) is 1. The molecule has 1 aromatic rings. The number of nitrogens with one attached hydrogen (secondary N) is 1. The van der Waals surface area contributed by atoms with Gasteiger partial charge in [0.15, 0.2) is 5.78 Å². The summed E-state index contributed by atoms with van der Waals surface area (Å²) >= 11 is 0. The van der Waals surface area contributed by atoms with Crippen LogP contribution in [0.2, 0.25) is 0 Å². The van der Waals surface area contributed by atoms with Crippen molar-refractivity contribution in [3.05, 3.63) is 46.9 Å². The van der Waals surface area contributed by atoms with Gasteiger partial charge < -0.3 is 14.8 Å². The third-order valence-corrected chi connectivity index (χ3v) is 4.23. The lowest BCUT2D eigenvalue weighted by Crippen LogP contribution is -2.45. The van der Waals surface area contributed by atoms with Crippen LogP contribution in [-0.2, 0) is 14.9 Å². The summed E-state index contributed by atoms with van der Waals surface area (Å²) in [6.45, 7) is 11.7. The van der Waals surface area contributed by atoms with Crippen molar-refractivity contribution >= 4 is 11.5 Å². The predicted molar refractivity (Wildman–Crippen MR) is 90.3 cm³/mol. The molecule has 0 radical (unpaired) electrons. The molecule has 0 saturated carbocycles. The van der Waals surface area contributed by atoms with Gasteiger partial charge in [-0.15, -0.1) is 0 Å². The second-order valence-electron chi connectivity index (χ2n) is 7.27. The molecule has 1 aromatic carbocycles. The number of ether oxygens (including phenoxy) is 2. The molecule has 23 heavy (non-hydrogen) atoms. The van der Waals surface area contributed by atoms with Crippen molar-refractivity contribution in [2.24, 2.45) is 0 Å². The van der Waals surface area contributed by atoms with Crippen molar-refractivity contribution in [2.45, 2.75) is 52.7 Å². The SMILES string of the molecule is CC(=O)C1=C(C)OC(C)=CC12Nc1cc(C(C)(C)C)ccc1O2. The number of fused-ring (bicyclic) bond motifs is 1. The summed E-state index contributed by atoms with van der Waals surface area (Å²) in [6, 6.07) is 6.12. The maximum Gasteiger partial charge on any atom is 0.237 e. The van der Waals surface area contributed by atoms with Crippen molar-refractivity contribution in [1.29, 1.82) is 0 Å². The summed E-state index contributed by atoms with van der Waals surface area (Å²) in [6.07, 6.45) is 1.83. The van der Waals surface area contributed by atoms with Crippen molar-refractivity contribution in [3.63, 3.8) is 0 Å². The normalized spacial score (nSPS) is 23.0. The minimum Gasteiger partial charge on any atom is -0.466 e. The Labute approximate surface area is 137 Å². The average molecular weight is 313 g/mol. The van der Waals surface area contributed by atoms with Gasteiger partial charge in [-0.3, -0.25) is 4.79 Å². The van der Waals surface area contributed by atoms with Crippen LogP contribution < -0.4 is 10.1 Å². The lowest BCUT2D eigenvalue weighted by atomic mass is 9.87. The standard InChI is InChI=1S/C19H23NO3/c1-11-10-19(17(12(2)21)13(3)22-11)20-15-9-14(18(4,5)6)7-8-16(15)23-19/h7-10,20H,1-6H3. The van der Waals surface area contributed by atoms with Crippen molar-refractivity contribution in [3.8, 4) is 5.75 Å². The number of hydrogen-bond donors (Lipinski definition) is 1. The van der Waals surface area contributed by atoms with Crippen LogP contribution in [0, 0.1) is 0 Å². The molecule has 4 nitrogen and oxygen atoms in total. The summed E-state index contributed by atoms with van der Waals surface area (Å²) in [5.41, 5.74) is 1.69. The van der Waals surface area contributed by atoms with Crippen molar-refractivity contribution in [1.82, 2.24) is 0 Å². The maximum atomic E-state index is 12.2. The minimum atomic E-state index is -0.975. The monoisotopic (exact) mass is 313 g/mol. The molecule has 1 unspecified atom stereocenters. The summed E-state index contributed by atoms with van der Waals surface area (Å²) in [4.78, 5) is 12.2. The van der Waals surface area contributed by atoms with E-state index in [-0.39, 0.29) is 11.2 Å². The van der Waals surface area contributed by atoms with E-state index < -0.39 is 5.72 Å². The number of ketones is 1. The van der Waals surface area contributed by atoms with E-state index in [0.29, 0.717) is 17.1 Å². The molecule has 122 valence electrons. The molecule has 1 N–H and O–H groups in total. The largest absolute Gasteiger partial charge is 0.466 e. The Hall–Kier alpha value is -2.23. The van der Waals surface area contributed by atoms with Crippen LogP contribution in [0.1, 0.15) is 47.1 Å². The summed E-state index contributed by atoms with van der Waals surface area (Å²) < 4.78 is 11.8. The highest BCUT2D eigenvalue weighted by molar-refractivity contribution is 5.98. The second-order valence-corrected chi connectivity index (χ2v) is 7.27. The molecule has 0 fully saturated rings. The van der Waals surface area contributed by atoms with Gasteiger partial charge in [0.2, 0.25) is 5.72 Å². The molecule has 2 heterocycles.